The number of nitrogens with zero attached hydrogens (tertiary/aromatic N) is 3. The van der Waals surface area contributed by atoms with Crippen LogP contribution in [0.25, 0.3) is 17.4 Å². The van der Waals surface area contributed by atoms with Crippen LogP contribution in [0.5, 0.6) is 0 Å². The number of aromatic nitrogens is 2. The van der Waals surface area contributed by atoms with Gasteiger partial charge in [0.2, 0.25) is 21.9 Å². The summed E-state index contributed by atoms with van der Waals surface area (Å²) < 4.78 is 37.9. The SMILES string of the molecule is CCOC1=Cc2cc(-c3c(C)nc(NCC4CC4)nc3NC3CCC(CNS(C)(=O)=O)C3)oc2CC(C)=N1. The van der Waals surface area contributed by atoms with Crippen LogP contribution < -0.4 is 15.4 Å². The highest BCUT2D eigenvalue weighted by atomic mass is 32.2. The van der Waals surface area contributed by atoms with Crippen molar-refractivity contribution in [3.63, 3.8) is 0 Å². The molecule has 2 fully saturated rings. The minimum atomic E-state index is -3.20. The molecule has 3 aliphatic rings. The van der Waals surface area contributed by atoms with Crippen LogP contribution >= 0.6 is 0 Å². The summed E-state index contributed by atoms with van der Waals surface area (Å²) in [5.41, 5.74) is 3.54. The first kappa shape index (κ1) is 26.7. The number of nitrogens with one attached hydrogen (secondary N) is 3. The maximum atomic E-state index is 11.6. The molecule has 0 bridgehead atoms. The van der Waals surface area contributed by atoms with E-state index in [9.17, 15) is 8.42 Å². The summed E-state index contributed by atoms with van der Waals surface area (Å²) in [6, 6.07) is 2.20. The summed E-state index contributed by atoms with van der Waals surface area (Å²) in [7, 11) is -3.20. The summed E-state index contributed by atoms with van der Waals surface area (Å²) >= 11 is 0. The topological polar surface area (TPSA) is 131 Å². The predicted octanol–water partition coefficient (Wildman–Crippen LogP) is 4.35. The molecule has 0 spiro atoms. The average Bonchev–Trinajstić information content (AvgIpc) is 3.48. The van der Waals surface area contributed by atoms with Crippen molar-refractivity contribution in [3.05, 3.63) is 29.0 Å². The van der Waals surface area contributed by atoms with Gasteiger partial charge in [-0.3, -0.25) is 0 Å². The standard InChI is InChI=1S/C27H38N6O4S/c1-5-36-24-13-20-12-23(37-22(20)10-16(2)30-24)25-17(3)31-27(28-14-18-6-7-18)33-26(25)32-21-9-8-19(11-21)15-29-38(4,34)35/h12-13,18-19,21,29H,5-11,14-15H2,1-4H3,(H2,28,31,32,33). The number of fused-ring (bicyclic) bond motifs is 1. The molecule has 3 heterocycles. The van der Waals surface area contributed by atoms with Gasteiger partial charge in [0.05, 0.1) is 24.1 Å². The van der Waals surface area contributed by atoms with Crippen LogP contribution in [0.3, 0.4) is 0 Å². The van der Waals surface area contributed by atoms with Crippen molar-refractivity contribution in [2.24, 2.45) is 16.8 Å². The van der Waals surface area contributed by atoms with Gasteiger partial charge in [-0.2, -0.15) is 4.98 Å². The van der Waals surface area contributed by atoms with E-state index in [-0.39, 0.29) is 12.0 Å². The molecule has 2 aromatic rings. The van der Waals surface area contributed by atoms with Gasteiger partial charge >= 0.3 is 0 Å². The Kier molecular flexibility index (Phi) is 7.76. The third kappa shape index (κ3) is 6.74. The second-order valence-electron chi connectivity index (χ2n) is 10.8. The van der Waals surface area contributed by atoms with Crippen molar-refractivity contribution >= 4 is 33.6 Å². The van der Waals surface area contributed by atoms with Crippen LogP contribution in [0.2, 0.25) is 0 Å². The Balaban J connectivity index is 1.43. The lowest BCUT2D eigenvalue weighted by Gasteiger charge is -2.19. The number of sulfonamides is 1. The Morgan fingerprint density at radius 2 is 1.89 bits per heavy atom. The maximum Gasteiger partial charge on any atom is 0.224 e. The highest BCUT2D eigenvalue weighted by Crippen LogP contribution is 2.38. The molecule has 1 aliphatic heterocycles. The molecule has 2 saturated carbocycles. The number of hydrogen-bond donors (Lipinski definition) is 3. The van der Waals surface area contributed by atoms with Crippen LogP contribution in [-0.4, -0.2) is 56.1 Å². The van der Waals surface area contributed by atoms with Gasteiger partial charge in [-0.25, -0.2) is 23.1 Å². The Labute approximate surface area is 224 Å². The van der Waals surface area contributed by atoms with Gasteiger partial charge in [-0.15, -0.1) is 0 Å². The highest BCUT2D eigenvalue weighted by molar-refractivity contribution is 7.88. The predicted molar refractivity (Wildman–Crippen MR) is 150 cm³/mol. The quantitative estimate of drug-likeness (QED) is 0.382. The summed E-state index contributed by atoms with van der Waals surface area (Å²) in [5, 5.41) is 7.07. The van der Waals surface area contributed by atoms with Crippen LogP contribution in [-0.2, 0) is 21.2 Å². The monoisotopic (exact) mass is 542 g/mol. The molecule has 38 heavy (non-hydrogen) atoms. The van der Waals surface area contributed by atoms with Gasteiger partial charge in [0.25, 0.3) is 0 Å². The Hall–Kier alpha value is -2.92. The zero-order valence-electron chi connectivity index (χ0n) is 22.6. The fraction of sp³-hybridized carbons (Fsp3) is 0.593. The minimum absolute atomic E-state index is 0.178. The van der Waals surface area contributed by atoms with Gasteiger partial charge in [0.1, 0.15) is 17.3 Å². The van der Waals surface area contributed by atoms with E-state index in [0.717, 1.165) is 59.9 Å². The van der Waals surface area contributed by atoms with Gasteiger partial charge in [-0.05, 0) is 70.8 Å². The maximum absolute atomic E-state index is 11.6. The molecule has 2 aromatic heterocycles. The fourth-order valence-electron chi connectivity index (χ4n) is 5.14. The van der Waals surface area contributed by atoms with Crippen molar-refractivity contribution in [1.29, 1.82) is 0 Å². The zero-order valence-corrected chi connectivity index (χ0v) is 23.5. The normalized spacial score (nSPS) is 21.4. The Morgan fingerprint density at radius 1 is 1.11 bits per heavy atom. The molecular formula is C27H38N6O4S. The zero-order chi connectivity index (χ0) is 26.9. The molecule has 2 unspecified atom stereocenters. The summed E-state index contributed by atoms with van der Waals surface area (Å²) in [6.07, 6.45) is 8.97. The van der Waals surface area contributed by atoms with Crippen LogP contribution in [0.4, 0.5) is 11.8 Å². The molecule has 0 saturated heterocycles. The highest BCUT2D eigenvalue weighted by Gasteiger charge is 2.29. The molecule has 2 atom stereocenters. The lowest BCUT2D eigenvalue weighted by Crippen LogP contribution is -2.28. The second-order valence-corrected chi connectivity index (χ2v) is 12.6. The fourth-order valence-corrected chi connectivity index (χ4v) is 5.67. The van der Waals surface area contributed by atoms with E-state index in [1.807, 2.05) is 32.9 Å². The molecule has 0 radical (unpaired) electrons. The van der Waals surface area contributed by atoms with E-state index >= 15 is 0 Å². The summed E-state index contributed by atoms with van der Waals surface area (Å²) in [6.45, 7) is 7.78. The van der Waals surface area contributed by atoms with E-state index in [4.69, 9.17) is 19.1 Å². The van der Waals surface area contributed by atoms with Crippen molar-refractivity contribution in [1.82, 2.24) is 14.7 Å². The second kappa shape index (κ2) is 11.1. The first-order valence-electron chi connectivity index (χ1n) is 13.5. The van der Waals surface area contributed by atoms with Crippen molar-refractivity contribution in [2.45, 2.75) is 65.3 Å². The average molecular weight is 543 g/mol. The number of furan rings is 1. The lowest BCUT2D eigenvalue weighted by molar-refractivity contribution is 0.231. The smallest absolute Gasteiger partial charge is 0.224 e. The van der Waals surface area contributed by atoms with Crippen LogP contribution in [0.1, 0.15) is 63.0 Å². The largest absolute Gasteiger partial charge is 0.478 e. The number of ether oxygens (including phenoxy) is 1. The van der Waals surface area contributed by atoms with Crippen molar-refractivity contribution < 1.29 is 17.6 Å². The minimum Gasteiger partial charge on any atom is -0.478 e. The third-order valence-electron chi connectivity index (χ3n) is 7.23. The number of aryl methyl sites for hydroxylation is 1. The van der Waals surface area contributed by atoms with Crippen molar-refractivity contribution in [2.75, 3.05) is 36.6 Å². The molecule has 206 valence electrons. The molecule has 3 N–H and O–H groups in total. The van der Waals surface area contributed by atoms with Gasteiger partial charge in [-0.1, -0.05) is 0 Å². The summed E-state index contributed by atoms with van der Waals surface area (Å²) in [4.78, 5) is 14.2. The van der Waals surface area contributed by atoms with E-state index < -0.39 is 10.0 Å². The molecule has 0 aromatic carbocycles. The number of hydrogen-bond acceptors (Lipinski definition) is 9. The molecular weight excluding hydrogens is 504 g/mol. The van der Waals surface area contributed by atoms with Gasteiger partial charge in [0, 0.05) is 42.9 Å². The van der Waals surface area contributed by atoms with E-state index in [1.165, 1.54) is 19.1 Å². The summed E-state index contributed by atoms with van der Waals surface area (Å²) in [5.74, 6) is 4.46. The van der Waals surface area contributed by atoms with Crippen molar-refractivity contribution in [3.8, 4) is 11.3 Å². The van der Waals surface area contributed by atoms with Crippen LogP contribution in [0, 0.1) is 18.8 Å². The third-order valence-corrected chi connectivity index (χ3v) is 7.92. The first-order valence-corrected chi connectivity index (χ1v) is 15.4. The lowest BCUT2D eigenvalue weighted by atomic mass is 10.1. The molecule has 2 aliphatic carbocycles. The number of anilines is 2. The van der Waals surface area contributed by atoms with E-state index in [2.05, 4.69) is 20.3 Å². The number of rotatable bonds is 11. The Morgan fingerprint density at radius 3 is 2.63 bits per heavy atom. The Bertz CT molecular complexity index is 1350. The van der Waals surface area contributed by atoms with Gasteiger partial charge < -0.3 is 19.8 Å². The molecule has 0 amide bonds. The van der Waals surface area contributed by atoms with E-state index in [1.54, 1.807) is 0 Å². The van der Waals surface area contributed by atoms with Gasteiger partial charge in [0.15, 0.2) is 0 Å². The molecule has 11 heteroatoms. The molecule has 5 rings (SSSR count). The number of aliphatic imine (C=N–C) groups is 1. The first-order chi connectivity index (χ1) is 18.2. The van der Waals surface area contributed by atoms with Crippen LogP contribution in [0.15, 0.2) is 21.4 Å². The molecule has 10 nitrogen and oxygen atoms in total. The van der Waals surface area contributed by atoms with E-state index in [0.29, 0.717) is 43.1 Å².